The lowest BCUT2D eigenvalue weighted by molar-refractivity contribution is 0.125. The van der Waals surface area contributed by atoms with Crippen molar-refractivity contribution in [3.05, 3.63) is 119 Å². The van der Waals surface area contributed by atoms with Crippen molar-refractivity contribution in [1.29, 1.82) is 0 Å². The summed E-state index contributed by atoms with van der Waals surface area (Å²) in [6, 6.07) is 37.3. The van der Waals surface area contributed by atoms with Gasteiger partial charge < -0.3 is 9.13 Å². The molecule has 0 bridgehead atoms. The standard InChI is InChI=1S/C48H52N2/c1-43(2)35-25-33-31-17-13-15-19-39(31)49(41(33)27-37(35)45(5,6)47(43,9)10)29-21-23-30(24-22-29)50-40-20-16-14-18-32(40)34-26-36-38(28-42(34)50)46(7,8)48(11,12)44(36,3)4/h13-28H,1-12H3. The van der Waals surface area contributed by atoms with E-state index in [2.05, 4.69) is 189 Å². The second kappa shape index (κ2) is 9.32. The number of nitrogens with zero attached hydrogens (tertiary/aromatic N) is 2. The van der Waals surface area contributed by atoms with Gasteiger partial charge in [0.05, 0.1) is 22.1 Å². The number of para-hydroxylation sites is 2. The zero-order valence-electron chi connectivity index (χ0n) is 32.1. The van der Waals surface area contributed by atoms with Crippen molar-refractivity contribution in [2.24, 2.45) is 10.8 Å². The van der Waals surface area contributed by atoms with E-state index < -0.39 is 0 Å². The molecule has 0 fully saturated rings. The fraction of sp³-hybridized carbons (Fsp3) is 0.375. The van der Waals surface area contributed by atoms with Gasteiger partial charge in [0.15, 0.2) is 0 Å². The monoisotopic (exact) mass is 656 g/mol. The first-order valence-electron chi connectivity index (χ1n) is 18.6. The van der Waals surface area contributed by atoms with Crippen LogP contribution >= 0.6 is 0 Å². The summed E-state index contributed by atoms with van der Waals surface area (Å²) in [6.07, 6.45) is 0. The van der Waals surface area contributed by atoms with Crippen molar-refractivity contribution in [2.75, 3.05) is 0 Å². The number of benzene rings is 5. The highest BCUT2D eigenvalue weighted by Crippen LogP contribution is 2.63. The molecule has 2 heterocycles. The molecule has 0 saturated heterocycles. The van der Waals surface area contributed by atoms with Gasteiger partial charge in [-0.25, -0.2) is 0 Å². The summed E-state index contributed by atoms with van der Waals surface area (Å²) >= 11 is 0. The molecule has 2 nitrogen and oxygen atoms in total. The first-order valence-corrected chi connectivity index (χ1v) is 18.6. The van der Waals surface area contributed by atoms with E-state index in [0.29, 0.717) is 0 Å². The summed E-state index contributed by atoms with van der Waals surface area (Å²) in [5, 5.41) is 5.32. The van der Waals surface area contributed by atoms with Crippen LogP contribution in [0.25, 0.3) is 55.0 Å². The van der Waals surface area contributed by atoms with Crippen molar-refractivity contribution in [2.45, 2.75) is 105 Å². The van der Waals surface area contributed by atoms with Crippen LogP contribution in [0.5, 0.6) is 0 Å². The molecular weight excluding hydrogens is 605 g/mol. The number of hydrogen-bond acceptors (Lipinski definition) is 0. The third-order valence-corrected chi connectivity index (χ3v) is 15.9. The normalized spacial score (nSPS) is 20.6. The van der Waals surface area contributed by atoms with E-state index >= 15 is 0 Å². The first-order chi connectivity index (χ1) is 23.4. The summed E-state index contributed by atoms with van der Waals surface area (Å²) in [6.45, 7) is 29.3. The molecule has 5 aromatic carbocycles. The highest BCUT2D eigenvalue weighted by molar-refractivity contribution is 6.11. The van der Waals surface area contributed by atoms with Gasteiger partial charge in [0, 0.05) is 32.9 Å². The number of hydrogen-bond donors (Lipinski definition) is 0. The van der Waals surface area contributed by atoms with Crippen molar-refractivity contribution in [3.63, 3.8) is 0 Å². The van der Waals surface area contributed by atoms with E-state index in [-0.39, 0.29) is 32.5 Å². The molecule has 2 aliphatic rings. The Bertz CT molecular complexity index is 2390. The molecule has 7 aromatic rings. The molecule has 50 heavy (non-hydrogen) atoms. The molecule has 2 aliphatic carbocycles. The van der Waals surface area contributed by atoms with Crippen LogP contribution in [0, 0.1) is 10.8 Å². The summed E-state index contributed by atoms with van der Waals surface area (Å²) < 4.78 is 4.99. The number of rotatable bonds is 2. The summed E-state index contributed by atoms with van der Waals surface area (Å²) in [5.41, 5.74) is 13.9. The molecule has 254 valence electrons. The van der Waals surface area contributed by atoms with Crippen LogP contribution < -0.4 is 0 Å². The average molecular weight is 657 g/mol. The van der Waals surface area contributed by atoms with Gasteiger partial charge in [-0.15, -0.1) is 0 Å². The van der Waals surface area contributed by atoms with Gasteiger partial charge in [-0.3, -0.25) is 0 Å². The first kappa shape index (κ1) is 31.7. The SMILES string of the molecule is CC1(C)c2cc3c4ccccc4n(-c4ccc(-n5c6ccccc6c6cc7c(cc65)C(C)(C)C(C)(C)C7(C)C)cc4)c3cc2C(C)(C)C1(C)C. The van der Waals surface area contributed by atoms with E-state index in [0.717, 1.165) is 0 Å². The Morgan fingerprint density at radius 1 is 0.320 bits per heavy atom. The molecule has 0 spiro atoms. The maximum absolute atomic E-state index is 2.52. The molecular formula is C48H52N2. The van der Waals surface area contributed by atoms with Gasteiger partial charge in [-0.1, -0.05) is 119 Å². The molecule has 0 saturated carbocycles. The van der Waals surface area contributed by atoms with E-state index in [9.17, 15) is 0 Å². The summed E-state index contributed by atoms with van der Waals surface area (Å²) in [7, 11) is 0. The minimum Gasteiger partial charge on any atom is -0.309 e. The van der Waals surface area contributed by atoms with Crippen molar-refractivity contribution in [3.8, 4) is 11.4 Å². The zero-order valence-corrected chi connectivity index (χ0v) is 32.1. The van der Waals surface area contributed by atoms with E-state index in [4.69, 9.17) is 0 Å². The van der Waals surface area contributed by atoms with E-state index in [1.165, 1.54) is 77.2 Å². The molecule has 0 N–H and O–H groups in total. The Morgan fingerprint density at radius 2 is 0.620 bits per heavy atom. The lowest BCUT2D eigenvalue weighted by Crippen LogP contribution is -2.42. The molecule has 0 atom stereocenters. The second-order valence-corrected chi connectivity index (χ2v) is 18.8. The molecule has 2 aromatic heterocycles. The van der Waals surface area contributed by atoms with Crippen molar-refractivity contribution >= 4 is 43.6 Å². The van der Waals surface area contributed by atoms with Crippen LogP contribution in [0.2, 0.25) is 0 Å². The predicted octanol–water partition coefficient (Wildman–Crippen LogP) is 13.1. The Hall–Kier alpha value is -4.30. The highest BCUT2D eigenvalue weighted by atomic mass is 15.0. The van der Waals surface area contributed by atoms with Crippen LogP contribution in [0.15, 0.2) is 97.1 Å². The molecule has 0 radical (unpaired) electrons. The fourth-order valence-corrected chi connectivity index (χ4v) is 10.3. The lowest BCUT2D eigenvalue weighted by Gasteiger charge is -2.44. The van der Waals surface area contributed by atoms with Crippen molar-refractivity contribution in [1.82, 2.24) is 9.13 Å². The van der Waals surface area contributed by atoms with Gasteiger partial charge in [-0.2, -0.15) is 0 Å². The Kier molecular flexibility index (Phi) is 5.90. The lowest BCUT2D eigenvalue weighted by atomic mass is 9.59. The molecule has 0 aliphatic heterocycles. The largest absolute Gasteiger partial charge is 0.309 e. The quantitative estimate of drug-likeness (QED) is 0.175. The zero-order chi connectivity index (χ0) is 35.6. The smallest absolute Gasteiger partial charge is 0.0544 e. The third kappa shape index (κ3) is 3.46. The number of aromatic nitrogens is 2. The summed E-state index contributed by atoms with van der Waals surface area (Å²) in [5.74, 6) is 0. The maximum atomic E-state index is 2.52. The van der Waals surface area contributed by atoms with Crippen LogP contribution in [-0.2, 0) is 21.7 Å². The molecule has 2 heteroatoms. The Labute approximate surface area is 298 Å². The van der Waals surface area contributed by atoms with Crippen LogP contribution in [0.4, 0.5) is 0 Å². The highest BCUT2D eigenvalue weighted by Gasteiger charge is 2.58. The third-order valence-electron chi connectivity index (χ3n) is 15.9. The predicted molar refractivity (Wildman–Crippen MR) is 215 cm³/mol. The van der Waals surface area contributed by atoms with Gasteiger partial charge in [-0.05, 0) is 115 Å². The maximum Gasteiger partial charge on any atom is 0.0544 e. The Balaban J connectivity index is 1.26. The molecule has 9 rings (SSSR count). The van der Waals surface area contributed by atoms with Crippen LogP contribution in [0.3, 0.4) is 0 Å². The van der Waals surface area contributed by atoms with Crippen LogP contribution in [0.1, 0.15) is 105 Å². The summed E-state index contributed by atoms with van der Waals surface area (Å²) in [4.78, 5) is 0. The van der Waals surface area contributed by atoms with Gasteiger partial charge in [0.2, 0.25) is 0 Å². The van der Waals surface area contributed by atoms with Gasteiger partial charge in [0.1, 0.15) is 0 Å². The van der Waals surface area contributed by atoms with E-state index in [1.807, 2.05) is 0 Å². The van der Waals surface area contributed by atoms with Crippen LogP contribution in [-0.4, -0.2) is 9.13 Å². The van der Waals surface area contributed by atoms with E-state index in [1.54, 1.807) is 0 Å². The topological polar surface area (TPSA) is 9.86 Å². The number of fused-ring (bicyclic) bond motifs is 8. The molecule has 0 amide bonds. The minimum atomic E-state index is 0.0425. The fourth-order valence-electron chi connectivity index (χ4n) is 10.3. The van der Waals surface area contributed by atoms with Crippen molar-refractivity contribution < 1.29 is 0 Å². The Morgan fingerprint density at radius 3 is 0.960 bits per heavy atom. The molecule has 0 unspecified atom stereocenters. The minimum absolute atomic E-state index is 0.0425. The van der Waals surface area contributed by atoms with Gasteiger partial charge >= 0.3 is 0 Å². The average Bonchev–Trinajstić information content (AvgIpc) is 3.64. The van der Waals surface area contributed by atoms with Gasteiger partial charge in [0.25, 0.3) is 0 Å². The second-order valence-electron chi connectivity index (χ2n) is 18.8.